The highest BCUT2D eigenvalue weighted by molar-refractivity contribution is 5.88. The molecule has 0 radical (unpaired) electrons. The standard InChI is InChI=1S/2C9H16N2.2C8H16O.2C7H16N2.C7H17NO.C7H15NO.C5H9N3.3C4H8N4.2C4H9NO/c2*1-6(2)8-5-10-9(11-8)7(3)4;2*1-6(2)5-8(9)7(3)4;2*1-5(2)7(8)9-6(3)4;2*1-5(2)7(9)8-6(3)4;1-4(2)5-3-6-8-7-5;3*1-3(2)4-5-7-8-6-4;2*1-3(2)4(5)6/h2*5-7H,1-4H3,(H,10,11);6-7H,5H2,1-4H3;5-7,9H,1-4H3;2*5-6H,1-4H3,(H2,8,9);5-9H,1-4H3;5-6H,1-4H3,(H,8,9);4H,3H2,1-2H3;3*3H,1-2H3,(H,5,6,7,8);2*3H,1-2H3,(H2,5,6)/b;;;8-5-;;;;;;;;;;. The predicted molar refractivity (Wildman–Crippen MR) is 499 cm³/mol. The number of ketones is 1. The van der Waals surface area contributed by atoms with Gasteiger partial charge in [0.05, 0.1) is 23.1 Å². The summed E-state index contributed by atoms with van der Waals surface area (Å²) in [4.78, 5) is 65.1. The average molecular weight is 1700 g/mol. The van der Waals surface area contributed by atoms with Gasteiger partial charge in [-0.05, 0) is 102 Å². The summed E-state index contributed by atoms with van der Waals surface area (Å²) >= 11 is 0. The van der Waals surface area contributed by atoms with Gasteiger partial charge in [0.15, 0.2) is 17.5 Å². The first-order chi connectivity index (χ1) is 54.9. The Hall–Kier alpha value is -8.62. The molecule has 0 aliphatic carbocycles. The molecule has 1 aliphatic heterocycles. The number of primary amides is 2. The number of aliphatic hydroxyl groups excluding tert-OH is 2. The van der Waals surface area contributed by atoms with Gasteiger partial charge in [0.25, 0.3) is 0 Å². The normalized spacial score (nSPS) is 12.0. The fraction of sp³-hybridized carbons (Fsp3) is 0.793. The maximum absolute atomic E-state index is 11.0. The van der Waals surface area contributed by atoms with Crippen molar-refractivity contribution in [3.8, 4) is 0 Å². The second-order valence-electron chi connectivity index (χ2n) is 35.7. The van der Waals surface area contributed by atoms with E-state index in [1.165, 1.54) is 11.4 Å². The van der Waals surface area contributed by atoms with Crippen LogP contribution < -0.4 is 33.6 Å². The maximum atomic E-state index is 11.0. The lowest BCUT2D eigenvalue weighted by atomic mass is 9.99. The lowest BCUT2D eigenvalue weighted by Crippen LogP contribution is -2.38. The van der Waals surface area contributed by atoms with Gasteiger partial charge in [-0.3, -0.25) is 34.5 Å². The van der Waals surface area contributed by atoms with Gasteiger partial charge < -0.3 is 48.4 Å². The highest BCUT2D eigenvalue weighted by Crippen LogP contribution is 2.18. The molecule has 6 rings (SSSR count). The van der Waals surface area contributed by atoms with E-state index in [9.17, 15) is 24.3 Å². The number of amidine groups is 2. The van der Waals surface area contributed by atoms with E-state index in [0.717, 1.165) is 52.9 Å². The summed E-state index contributed by atoms with van der Waals surface area (Å²) in [5, 5.41) is 75.1. The van der Waals surface area contributed by atoms with Gasteiger partial charge >= 0.3 is 0 Å². The first-order valence-electron chi connectivity index (χ1n) is 43.1. The van der Waals surface area contributed by atoms with Gasteiger partial charge in [0, 0.05) is 125 Å². The number of nitrogens with zero attached hydrogens (tertiary/aromatic N) is 16. The lowest BCUT2D eigenvalue weighted by Gasteiger charge is -2.18. The first kappa shape index (κ1) is 127. The van der Waals surface area contributed by atoms with Crippen LogP contribution in [0.15, 0.2) is 49.7 Å². The summed E-state index contributed by atoms with van der Waals surface area (Å²) in [6.45, 7) is 89.4. The third-order valence-corrected chi connectivity index (χ3v) is 14.9. The number of aromatic amines is 5. The largest absolute Gasteiger partial charge is 0.512 e. The fourth-order valence-corrected chi connectivity index (χ4v) is 6.69. The van der Waals surface area contributed by atoms with Gasteiger partial charge in [-0.25, -0.2) is 9.97 Å². The van der Waals surface area contributed by atoms with E-state index in [0.29, 0.717) is 113 Å². The number of Topliss-reactive ketones (excluding diaryl/α,β-unsaturated/α-hetero) is 1. The third-order valence-electron chi connectivity index (χ3n) is 14.9. The average Bonchev–Trinajstić information content (AvgIpc) is 1.75. The van der Waals surface area contributed by atoms with Crippen molar-refractivity contribution < 1.29 is 29.4 Å². The number of aromatic nitrogens is 16. The van der Waals surface area contributed by atoms with E-state index in [1.807, 2.05) is 198 Å². The Kier molecular flexibility index (Phi) is 78.5. The fourth-order valence-electron chi connectivity index (χ4n) is 6.69. The number of rotatable bonds is 24. The predicted octanol–water partition coefficient (Wildman–Crippen LogP) is 17.9. The van der Waals surface area contributed by atoms with Crippen LogP contribution in [-0.4, -0.2) is 170 Å². The molecule has 5 aromatic heterocycles. The highest BCUT2D eigenvalue weighted by Gasteiger charge is 2.13. The second kappa shape index (κ2) is 74.2. The number of amides is 3. The Morgan fingerprint density at radius 2 is 0.775 bits per heavy atom. The number of aliphatic hydroxyl groups is 2. The Morgan fingerprint density at radius 3 is 0.875 bits per heavy atom. The Labute approximate surface area is 726 Å². The quantitative estimate of drug-likeness (QED) is 0.0118. The zero-order valence-electron chi connectivity index (χ0n) is 83.4. The van der Waals surface area contributed by atoms with E-state index in [4.69, 9.17) is 28.0 Å². The molecule has 0 spiro atoms. The van der Waals surface area contributed by atoms with Gasteiger partial charge in [0.2, 0.25) is 17.7 Å². The lowest BCUT2D eigenvalue weighted by molar-refractivity contribution is -0.124. The molecule has 5 aromatic rings. The number of carbonyl (C=O) groups is 4. The summed E-state index contributed by atoms with van der Waals surface area (Å²) in [5.41, 5.74) is 24.3. The molecule has 33 nitrogen and oxygen atoms in total. The topological polar surface area (TPSA) is 519 Å². The van der Waals surface area contributed by atoms with Crippen LogP contribution in [-0.2, 0) is 19.2 Å². The number of hydrogen-bond acceptors (Lipinski definition) is 23. The van der Waals surface area contributed by atoms with Crippen molar-refractivity contribution in [2.45, 2.75) is 383 Å². The van der Waals surface area contributed by atoms with Gasteiger partial charge in [-0.15, -0.1) is 35.7 Å². The molecule has 1 atom stereocenters. The molecule has 0 saturated carbocycles. The number of nitrogens with one attached hydrogen (secondary N) is 7. The zero-order valence-corrected chi connectivity index (χ0v) is 83.4. The van der Waals surface area contributed by atoms with Crippen LogP contribution in [0.1, 0.15) is 393 Å². The molecule has 0 bridgehead atoms. The molecule has 3 amide bonds. The summed E-state index contributed by atoms with van der Waals surface area (Å²) < 4.78 is 0. The third kappa shape index (κ3) is 81.7. The summed E-state index contributed by atoms with van der Waals surface area (Å²) in [7, 11) is 0. The van der Waals surface area contributed by atoms with E-state index < -0.39 is 0 Å². The van der Waals surface area contributed by atoms with Crippen molar-refractivity contribution in [1.82, 2.24) is 92.4 Å². The number of allylic oxidation sites excluding steroid dienone is 2. The van der Waals surface area contributed by atoms with E-state index in [1.54, 1.807) is 27.7 Å². The Balaban J connectivity index is -0.000000188. The number of tetrazole rings is 3. The molecule has 17 N–H and O–H groups in total. The van der Waals surface area contributed by atoms with Crippen LogP contribution in [0.4, 0.5) is 0 Å². The van der Waals surface area contributed by atoms with E-state index >= 15 is 0 Å². The molecule has 698 valence electrons. The maximum Gasteiger partial charge on any atom is 0.222 e. The number of imidazole rings is 2. The van der Waals surface area contributed by atoms with Crippen LogP contribution in [0.3, 0.4) is 0 Å². The summed E-state index contributed by atoms with van der Waals surface area (Å²) in [6.07, 6.45) is 6.12. The van der Waals surface area contributed by atoms with Crippen LogP contribution in [0, 0.1) is 65.1 Å². The first-order valence-corrected chi connectivity index (χ1v) is 43.1. The van der Waals surface area contributed by atoms with Crippen molar-refractivity contribution in [1.29, 1.82) is 0 Å². The molecular weight excluding hydrogens is 1520 g/mol. The summed E-state index contributed by atoms with van der Waals surface area (Å²) in [5.74, 6) is 12.8. The van der Waals surface area contributed by atoms with Crippen molar-refractivity contribution in [2.75, 3.05) is 6.54 Å². The molecule has 1 aliphatic rings. The van der Waals surface area contributed by atoms with Gasteiger partial charge in [-0.1, -0.05) is 265 Å². The molecule has 0 aromatic carbocycles. The van der Waals surface area contributed by atoms with Crippen molar-refractivity contribution in [2.24, 2.45) is 113 Å². The van der Waals surface area contributed by atoms with Crippen molar-refractivity contribution >= 4 is 40.9 Å². The number of carbonyl (C=O) groups excluding carboxylic acids is 4. The molecule has 33 heteroatoms. The number of nitrogens with two attached hydrogens (primary N) is 4. The zero-order chi connectivity index (χ0) is 95.7. The minimum absolute atomic E-state index is 0.00926. The second-order valence-corrected chi connectivity index (χ2v) is 35.7. The van der Waals surface area contributed by atoms with E-state index in [2.05, 4.69) is 215 Å². The van der Waals surface area contributed by atoms with Crippen molar-refractivity contribution in [3.05, 3.63) is 64.7 Å². The molecule has 0 fully saturated rings. The minimum atomic E-state index is -0.356. The number of aliphatic imine (C=N–C) groups is 2. The van der Waals surface area contributed by atoms with E-state index in [-0.39, 0.29) is 59.6 Å². The Bertz CT molecular complexity index is 3070. The van der Waals surface area contributed by atoms with Gasteiger partial charge in [-0.2, -0.15) is 20.8 Å². The Morgan fingerprint density at radius 1 is 0.442 bits per heavy atom. The molecular formula is C87H179N27O6. The van der Waals surface area contributed by atoms with Crippen LogP contribution in [0.5, 0.6) is 0 Å². The highest BCUT2D eigenvalue weighted by atomic mass is 16.3. The monoisotopic (exact) mass is 1700 g/mol. The number of H-pyrrole nitrogens is 5. The minimum Gasteiger partial charge on any atom is -0.512 e. The van der Waals surface area contributed by atoms with Crippen LogP contribution in [0.25, 0.3) is 0 Å². The van der Waals surface area contributed by atoms with Crippen LogP contribution >= 0.6 is 0 Å². The molecule has 1 unspecified atom stereocenters. The molecule has 6 heterocycles. The van der Waals surface area contributed by atoms with Crippen LogP contribution in [0.2, 0.25) is 0 Å². The molecule has 120 heavy (non-hydrogen) atoms. The van der Waals surface area contributed by atoms with Crippen molar-refractivity contribution in [3.63, 3.8) is 0 Å². The molecule has 0 saturated heterocycles. The summed E-state index contributed by atoms with van der Waals surface area (Å²) in [6, 6.07) is 1.28. The number of hydrogen-bond donors (Lipinski definition) is 13. The smallest absolute Gasteiger partial charge is 0.222 e. The SMILES string of the molecule is CC(C)/C=C(\O)C(C)C.CC(C)C(N)=O.CC(C)C(N)=O.CC(C)C1=NN=NC1.CC(C)CC(=O)C(C)C.CC(C)N=C(N)C(C)C.CC(C)N=C(N)C(C)C.CC(C)NC(=O)C(C)C.CC(C)NC(O)C(C)C.CC(C)c1cnc(C(C)C)[nH]1.CC(C)c1cnc(C(C)C)[nH]1.CC(C)c1nn[nH]n1.CC(C)c1nn[nH]n1.CC(C)c1nn[nH]n1. The van der Waals surface area contributed by atoms with Gasteiger partial charge in [0.1, 0.15) is 30.2 Å².